The molecule has 2 heterocycles. The number of anilines is 3. The quantitative estimate of drug-likeness (QED) is 0.651. The molecular weight excluding hydrogens is 364 g/mol. The van der Waals surface area contributed by atoms with E-state index in [1.165, 1.54) is 5.56 Å². The molecule has 1 aliphatic rings. The summed E-state index contributed by atoms with van der Waals surface area (Å²) in [5, 5.41) is 7.38. The Labute approximate surface area is 162 Å². The molecule has 0 amide bonds. The molecule has 0 saturated carbocycles. The molecule has 6 nitrogen and oxygen atoms in total. The first-order valence-corrected chi connectivity index (χ1v) is 9.04. The fraction of sp³-hybridized carbons (Fsp3) is 0.200. The van der Waals surface area contributed by atoms with Gasteiger partial charge < -0.3 is 20.1 Å². The van der Waals surface area contributed by atoms with Crippen molar-refractivity contribution in [2.45, 2.75) is 13.3 Å². The number of nitrogens with one attached hydrogen (secondary N) is 2. The first-order valence-electron chi connectivity index (χ1n) is 8.66. The highest BCUT2D eigenvalue weighted by atomic mass is 35.5. The molecule has 0 fully saturated rings. The van der Waals surface area contributed by atoms with Crippen molar-refractivity contribution in [2.75, 3.05) is 24.0 Å². The minimum atomic E-state index is 0.256. The molecule has 1 aliphatic heterocycles. The first-order chi connectivity index (χ1) is 13.2. The van der Waals surface area contributed by atoms with E-state index in [4.69, 9.17) is 21.1 Å². The molecule has 0 radical (unpaired) electrons. The van der Waals surface area contributed by atoms with Crippen molar-refractivity contribution in [3.63, 3.8) is 0 Å². The molecule has 2 aromatic carbocycles. The van der Waals surface area contributed by atoms with Crippen molar-refractivity contribution in [2.24, 2.45) is 0 Å². The third kappa shape index (κ3) is 4.41. The highest BCUT2D eigenvalue weighted by Gasteiger charge is 2.13. The Morgan fingerprint density at radius 3 is 2.74 bits per heavy atom. The van der Waals surface area contributed by atoms with Crippen LogP contribution in [0, 0.1) is 6.92 Å². The lowest BCUT2D eigenvalue weighted by Crippen LogP contribution is -2.08. The Balaban J connectivity index is 1.42. The van der Waals surface area contributed by atoms with Gasteiger partial charge in [0.1, 0.15) is 17.5 Å². The van der Waals surface area contributed by atoms with Crippen LogP contribution in [-0.2, 0) is 6.42 Å². The van der Waals surface area contributed by atoms with Gasteiger partial charge in [-0.1, -0.05) is 23.7 Å². The van der Waals surface area contributed by atoms with Crippen molar-refractivity contribution < 1.29 is 9.47 Å². The van der Waals surface area contributed by atoms with E-state index in [-0.39, 0.29) is 6.79 Å². The molecule has 0 spiro atoms. The van der Waals surface area contributed by atoms with Crippen LogP contribution < -0.4 is 20.1 Å². The number of aromatic nitrogens is 2. The second kappa shape index (κ2) is 7.72. The minimum Gasteiger partial charge on any atom is -0.454 e. The zero-order valence-electron chi connectivity index (χ0n) is 14.8. The van der Waals surface area contributed by atoms with Crippen LogP contribution in [0.3, 0.4) is 0 Å². The molecule has 0 atom stereocenters. The van der Waals surface area contributed by atoms with Crippen LogP contribution in [0.1, 0.15) is 11.4 Å². The van der Waals surface area contributed by atoms with E-state index in [0.29, 0.717) is 11.6 Å². The normalized spacial score (nSPS) is 12.1. The molecule has 3 aromatic rings. The lowest BCUT2D eigenvalue weighted by Gasteiger charge is -2.11. The van der Waals surface area contributed by atoms with Gasteiger partial charge in [0.2, 0.25) is 6.79 Å². The smallest absolute Gasteiger partial charge is 0.231 e. The molecule has 0 saturated heterocycles. The standard InChI is InChI=1S/C20H19ClN4O2/c1-13-23-19(22-8-7-14-3-2-4-15(21)9-14)11-20(24-13)25-16-5-6-17-18(10-16)27-12-26-17/h2-6,9-11H,7-8,12H2,1H3,(H2,22,23,24,25). The van der Waals surface area contributed by atoms with Crippen molar-refractivity contribution in [3.8, 4) is 11.5 Å². The zero-order chi connectivity index (χ0) is 18.6. The predicted molar refractivity (Wildman–Crippen MR) is 106 cm³/mol. The summed E-state index contributed by atoms with van der Waals surface area (Å²) in [7, 11) is 0. The third-order valence-corrected chi connectivity index (χ3v) is 4.33. The predicted octanol–water partition coefficient (Wildman–Crippen LogP) is 4.57. The number of aryl methyl sites for hydroxylation is 1. The van der Waals surface area contributed by atoms with Crippen LogP contribution in [0.2, 0.25) is 5.02 Å². The van der Waals surface area contributed by atoms with Crippen molar-refractivity contribution in [1.29, 1.82) is 0 Å². The van der Waals surface area contributed by atoms with Gasteiger partial charge in [0.25, 0.3) is 0 Å². The SMILES string of the molecule is Cc1nc(NCCc2cccc(Cl)c2)cc(Nc2ccc3c(c2)OCO3)n1. The van der Waals surface area contributed by atoms with Crippen LogP contribution in [-0.4, -0.2) is 23.3 Å². The minimum absolute atomic E-state index is 0.256. The number of halogens is 1. The van der Waals surface area contributed by atoms with E-state index in [1.807, 2.05) is 49.4 Å². The largest absolute Gasteiger partial charge is 0.454 e. The summed E-state index contributed by atoms with van der Waals surface area (Å²) in [5.74, 6) is 3.65. The van der Waals surface area contributed by atoms with Gasteiger partial charge in [-0.3, -0.25) is 0 Å². The number of fused-ring (bicyclic) bond motifs is 1. The Morgan fingerprint density at radius 2 is 1.85 bits per heavy atom. The summed E-state index contributed by atoms with van der Waals surface area (Å²) in [6, 6.07) is 15.5. The summed E-state index contributed by atoms with van der Waals surface area (Å²) in [5.41, 5.74) is 2.06. The van der Waals surface area contributed by atoms with Gasteiger partial charge in [-0.05, 0) is 43.2 Å². The van der Waals surface area contributed by atoms with E-state index in [2.05, 4.69) is 26.7 Å². The molecule has 0 unspecified atom stereocenters. The van der Waals surface area contributed by atoms with Crippen LogP contribution >= 0.6 is 11.6 Å². The Bertz CT molecular complexity index is 964. The lowest BCUT2D eigenvalue weighted by atomic mass is 10.1. The summed E-state index contributed by atoms with van der Waals surface area (Å²) in [6.07, 6.45) is 0.856. The van der Waals surface area contributed by atoms with Crippen molar-refractivity contribution >= 4 is 28.9 Å². The summed E-state index contributed by atoms with van der Waals surface area (Å²) in [4.78, 5) is 8.90. The number of hydrogen-bond acceptors (Lipinski definition) is 6. The number of nitrogens with zero attached hydrogens (tertiary/aromatic N) is 2. The number of benzene rings is 2. The average Bonchev–Trinajstić information content (AvgIpc) is 3.09. The summed E-state index contributed by atoms with van der Waals surface area (Å²) < 4.78 is 10.7. The topological polar surface area (TPSA) is 68.3 Å². The maximum atomic E-state index is 6.03. The Kier molecular flexibility index (Phi) is 4.98. The molecule has 27 heavy (non-hydrogen) atoms. The molecule has 0 aliphatic carbocycles. The van der Waals surface area contributed by atoms with Crippen LogP contribution in [0.15, 0.2) is 48.5 Å². The van der Waals surface area contributed by atoms with E-state index in [0.717, 1.165) is 41.0 Å². The second-order valence-corrected chi connectivity index (χ2v) is 6.62. The highest BCUT2D eigenvalue weighted by Crippen LogP contribution is 2.35. The first kappa shape index (κ1) is 17.4. The maximum Gasteiger partial charge on any atom is 0.231 e. The van der Waals surface area contributed by atoms with Gasteiger partial charge in [-0.2, -0.15) is 0 Å². The third-order valence-electron chi connectivity index (χ3n) is 4.09. The van der Waals surface area contributed by atoms with E-state index < -0.39 is 0 Å². The lowest BCUT2D eigenvalue weighted by molar-refractivity contribution is 0.174. The van der Waals surface area contributed by atoms with Gasteiger partial charge in [-0.25, -0.2) is 9.97 Å². The average molecular weight is 383 g/mol. The molecule has 1 aromatic heterocycles. The molecule has 138 valence electrons. The summed E-state index contributed by atoms with van der Waals surface area (Å²) >= 11 is 6.03. The van der Waals surface area contributed by atoms with Crippen LogP contribution in [0.5, 0.6) is 11.5 Å². The molecule has 7 heteroatoms. The van der Waals surface area contributed by atoms with E-state index >= 15 is 0 Å². The Hall–Kier alpha value is -2.99. The maximum absolute atomic E-state index is 6.03. The molecule has 4 rings (SSSR count). The van der Waals surface area contributed by atoms with Gasteiger partial charge in [0, 0.05) is 29.4 Å². The van der Waals surface area contributed by atoms with Crippen molar-refractivity contribution in [3.05, 3.63) is 64.9 Å². The number of rotatable bonds is 6. The zero-order valence-corrected chi connectivity index (χ0v) is 15.6. The van der Waals surface area contributed by atoms with Gasteiger partial charge >= 0.3 is 0 Å². The Morgan fingerprint density at radius 1 is 1.00 bits per heavy atom. The van der Waals surface area contributed by atoms with Crippen LogP contribution in [0.25, 0.3) is 0 Å². The fourth-order valence-electron chi connectivity index (χ4n) is 2.87. The van der Waals surface area contributed by atoms with E-state index in [1.54, 1.807) is 0 Å². The summed E-state index contributed by atoms with van der Waals surface area (Å²) in [6.45, 7) is 2.87. The van der Waals surface area contributed by atoms with Gasteiger partial charge in [0.05, 0.1) is 0 Å². The number of ether oxygens (including phenoxy) is 2. The van der Waals surface area contributed by atoms with Crippen LogP contribution in [0.4, 0.5) is 17.3 Å². The molecule has 0 bridgehead atoms. The second-order valence-electron chi connectivity index (χ2n) is 6.19. The molecular formula is C20H19ClN4O2. The van der Waals surface area contributed by atoms with Gasteiger partial charge in [0.15, 0.2) is 11.5 Å². The number of hydrogen-bond donors (Lipinski definition) is 2. The van der Waals surface area contributed by atoms with Crippen molar-refractivity contribution in [1.82, 2.24) is 9.97 Å². The fourth-order valence-corrected chi connectivity index (χ4v) is 3.08. The molecule has 2 N–H and O–H groups in total. The monoisotopic (exact) mass is 382 g/mol. The van der Waals surface area contributed by atoms with Gasteiger partial charge in [-0.15, -0.1) is 0 Å². The highest BCUT2D eigenvalue weighted by molar-refractivity contribution is 6.30. The van der Waals surface area contributed by atoms with E-state index in [9.17, 15) is 0 Å².